The van der Waals surface area contributed by atoms with Crippen LogP contribution in [0.15, 0.2) is 18.2 Å². The Morgan fingerprint density at radius 2 is 2.00 bits per heavy atom. The van der Waals surface area contributed by atoms with Crippen LogP contribution in [0.3, 0.4) is 0 Å². The molecule has 3 atom stereocenters. The largest absolute Gasteiger partial charge is 0.508 e. The van der Waals surface area contributed by atoms with Gasteiger partial charge in [0.2, 0.25) is 0 Å². The third-order valence-corrected chi connectivity index (χ3v) is 7.14. The van der Waals surface area contributed by atoms with Gasteiger partial charge in [-0.05, 0) is 75.6 Å². The van der Waals surface area contributed by atoms with E-state index in [0.29, 0.717) is 17.3 Å². The van der Waals surface area contributed by atoms with Crippen LogP contribution in [-0.2, 0) is 4.74 Å². The fourth-order valence-corrected chi connectivity index (χ4v) is 5.43. The van der Waals surface area contributed by atoms with Crippen LogP contribution in [0.2, 0.25) is 0 Å². The van der Waals surface area contributed by atoms with E-state index in [2.05, 4.69) is 26.1 Å². The highest BCUT2D eigenvalue weighted by Gasteiger charge is 2.53. The molecule has 1 aromatic carbocycles. The maximum Gasteiger partial charge on any atom is 0.129 e. The van der Waals surface area contributed by atoms with E-state index < -0.39 is 0 Å². The first kappa shape index (κ1) is 21.7. The van der Waals surface area contributed by atoms with Gasteiger partial charge in [-0.1, -0.05) is 20.3 Å². The highest BCUT2D eigenvalue weighted by molar-refractivity contribution is 5.85. The number of hydrogen-bond acceptors (Lipinski definition) is 4. The van der Waals surface area contributed by atoms with Crippen LogP contribution in [0.4, 0.5) is 0 Å². The molecule has 3 aliphatic rings. The van der Waals surface area contributed by atoms with Crippen molar-refractivity contribution in [2.75, 3.05) is 19.7 Å². The zero-order valence-electron chi connectivity index (χ0n) is 17.5. The molecule has 3 heterocycles. The second-order valence-corrected chi connectivity index (χ2v) is 9.72. The van der Waals surface area contributed by atoms with Gasteiger partial charge in [-0.25, -0.2) is 0 Å². The monoisotopic (exact) mass is 409 g/mol. The smallest absolute Gasteiger partial charge is 0.129 e. The Hall–Kier alpha value is -0.970. The maximum atomic E-state index is 9.97. The Kier molecular flexibility index (Phi) is 6.53. The van der Waals surface area contributed by atoms with Crippen molar-refractivity contribution in [2.45, 2.75) is 71.0 Å². The number of phenolic OH excluding ortho intramolecular Hbond substituents is 1. The highest BCUT2D eigenvalue weighted by atomic mass is 35.5. The summed E-state index contributed by atoms with van der Waals surface area (Å²) < 4.78 is 13.2. The van der Waals surface area contributed by atoms with E-state index in [-0.39, 0.29) is 29.9 Å². The van der Waals surface area contributed by atoms with E-state index in [1.165, 1.54) is 32.1 Å². The molecule has 4 nitrogen and oxygen atoms in total. The van der Waals surface area contributed by atoms with Gasteiger partial charge in [0.25, 0.3) is 0 Å². The fraction of sp³-hybridized carbons (Fsp3) is 0.739. The quantitative estimate of drug-likeness (QED) is 0.714. The molecule has 0 aliphatic carbocycles. The summed E-state index contributed by atoms with van der Waals surface area (Å²) in [5.41, 5.74) is 1.17. The number of piperidine rings is 1. The Morgan fingerprint density at radius 3 is 2.71 bits per heavy atom. The lowest BCUT2D eigenvalue weighted by atomic mass is 9.63. The first-order chi connectivity index (χ1) is 12.9. The summed E-state index contributed by atoms with van der Waals surface area (Å²) in [6, 6.07) is 5.53. The first-order valence-corrected chi connectivity index (χ1v) is 10.8. The van der Waals surface area contributed by atoms with Gasteiger partial charge < -0.3 is 19.9 Å². The number of hydrogen-bond donors (Lipinski definition) is 2. The molecule has 0 amide bonds. The van der Waals surface area contributed by atoms with Crippen molar-refractivity contribution in [1.82, 2.24) is 5.32 Å². The lowest BCUT2D eigenvalue weighted by molar-refractivity contribution is -0.176. The van der Waals surface area contributed by atoms with E-state index in [1.807, 2.05) is 6.07 Å². The lowest BCUT2D eigenvalue weighted by Crippen LogP contribution is -2.55. The van der Waals surface area contributed by atoms with Crippen molar-refractivity contribution in [2.24, 2.45) is 17.3 Å². The summed E-state index contributed by atoms with van der Waals surface area (Å²) in [4.78, 5) is 0. The van der Waals surface area contributed by atoms with Gasteiger partial charge in [0.1, 0.15) is 17.1 Å². The third kappa shape index (κ3) is 4.15. The van der Waals surface area contributed by atoms with Gasteiger partial charge in [0.05, 0.1) is 12.7 Å². The summed E-state index contributed by atoms with van der Waals surface area (Å²) in [7, 11) is 0. The summed E-state index contributed by atoms with van der Waals surface area (Å²) in [6.45, 7) is 9.88. The predicted molar refractivity (Wildman–Crippen MR) is 114 cm³/mol. The number of phenols is 1. The molecular weight excluding hydrogens is 374 g/mol. The molecular formula is C23H36ClNO3. The minimum absolute atomic E-state index is 0. The van der Waals surface area contributed by atoms with Crippen LogP contribution in [0.5, 0.6) is 11.5 Å². The van der Waals surface area contributed by atoms with Crippen LogP contribution >= 0.6 is 12.4 Å². The second-order valence-electron chi connectivity index (χ2n) is 9.72. The molecule has 0 bridgehead atoms. The van der Waals surface area contributed by atoms with Crippen molar-refractivity contribution in [1.29, 1.82) is 0 Å². The normalized spacial score (nSPS) is 30.9. The average molecular weight is 410 g/mol. The molecule has 2 N–H and O–H groups in total. The number of rotatable bonds is 4. The van der Waals surface area contributed by atoms with Gasteiger partial charge in [0.15, 0.2) is 0 Å². The minimum atomic E-state index is -0.237. The topological polar surface area (TPSA) is 50.7 Å². The van der Waals surface area contributed by atoms with Crippen molar-refractivity contribution in [3.63, 3.8) is 0 Å². The van der Waals surface area contributed by atoms with Crippen molar-refractivity contribution >= 4 is 12.4 Å². The molecule has 2 fully saturated rings. The fourth-order valence-electron chi connectivity index (χ4n) is 5.43. The molecule has 0 radical (unpaired) electrons. The summed E-state index contributed by atoms with van der Waals surface area (Å²) in [5.74, 6) is 2.16. The number of halogens is 1. The molecule has 5 heteroatoms. The van der Waals surface area contributed by atoms with Gasteiger partial charge in [-0.3, -0.25) is 0 Å². The first-order valence-electron chi connectivity index (χ1n) is 10.8. The summed E-state index contributed by atoms with van der Waals surface area (Å²) in [5, 5.41) is 13.5. The SMILES string of the molecule is CC(C)CCC[C@@]1(C)Oc2cc(O)ccc2[C@H]2OCC3(CCNCC3)C[C@@H]21.Cl. The highest BCUT2D eigenvalue weighted by Crippen LogP contribution is 2.56. The molecule has 2 saturated heterocycles. The second kappa shape index (κ2) is 8.41. The summed E-state index contributed by atoms with van der Waals surface area (Å²) in [6.07, 6.45) is 7.08. The van der Waals surface area contributed by atoms with Crippen molar-refractivity contribution in [3.8, 4) is 11.5 Å². The number of aromatic hydroxyl groups is 1. The predicted octanol–water partition coefficient (Wildman–Crippen LogP) is 5.24. The van der Waals surface area contributed by atoms with Crippen LogP contribution in [0, 0.1) is 17.3 Å². The average Bonchev–Trinajstić information content (AvgIpc) is 2.62. The van der Waals surface area contributed by atoms with Crippen LogP contribution in [-0.4, -0.2) is 30.4 Å². The number of fused-ring (bicyclic) bond motifs is 3. The minimum Gasteiger partial charge on any atom is -0.508 e. The molecule has 1 aromatic rings. The Balaban J connectivity index is 0.00000225. The molecule has 4 rings (SSSR count). The zero-order chi connectivity index (χ0) is 19.1. The van der Waals surface area contributed by atoms with Crippen LogP contribution in [0.25, 0.3) is 0 Å². The maximum absolute atomic E-state index is 9.97. The van der Waals surface area contributed by atoms with Crippen LogP contribution < -0.4 is 10.1 Å². The molecule has 0 unspecified atom stereocenters. The Bertz CT molecular complexity index is 674. The zero-order valence-corrected chi connectivity index (χ0v) is 18.3. The van der Waals surface area contributed by atoms with E-state index in [0.717, 1.165) is 37.4 Å². The Labute approximate surface area is 175 Å². The Morgan fingerprint density at radius 1 is 1.25 bits per heavy atom. The molecule has 3 aliphatic heterocycles. The molecule has 158 valence electrons. The standard InChI is InChI=1S/C23H35NO3.ClH/c1-16(2)5-4-8-22(3)19-14-23(9-11-24-12-10-23)15-26-21(19)18-7-6-17(25)13-20(18)27-22;/h6-7,13,16,19,21,24-25H,4-5,8-12,14-15H2,1-3H3;1H/t19-,21+,22+;/m0./s1. The number of ether oxygens (including phenoxy) is 2. The van der Waals surface area contributed by atoms with Gasteiger partial charge in [-0.15, -0.1) is 12.4 Å². The number of benzene rings is 1. The van der Waals surface area contributed by atoms with Crippen LogP contribution in [0.1, 0.15) is 71.0 Å². The lowest BCUT2D eigenvalue weighted by Gasteiger charge is -2.54. The van der Waals surface area contributed by atoms with E-state index in [9.17, 15) is 5.11 Å². The number of nitrogens with one attached hydrogen (secondary N) is 1. The van der Waals surface area contributed by atoms with Gasteiger partial charge in [-0.2, -0.15) is 0 Å². The van der Waals surface area contributed by atoms with Gasteiger partial charge in [0, 0.05) is 17.5 Å². The van der Waals surface area contributed by atoms with Crippen molar-refractivity contribution < 1.29 is 14.6 Å². The van der Waals surface area contributed by atoms with E-state index >= 15 is 0 Å². The third-order valence-electron chi connectivity index (χ3n) is 7.14. The molecule has 0 saturated carbocycles. The summed E-state index contributed by atoms with van der Waals surface area (Å²) >= 11 is 0. The van der Waals surface area contributed by atoms with E-state index in [1.54, 1.807) is 12.1 Å². The van der Waals surface area contributed by atoms with Gasteiger partial charge >= 0.3 is 0 Å². The molecule has 1 spiro atoms. The molecule has 28 heavy (non-hydrogen) atoms. The molecule has 0 aromatic heterocycles. The van der Waals surface area contributed by atoms with E-state index in [4.69, 9.17) is 9.47 Å². The van der Waals surface area contributed by atoms with Crippen molar-refractivity contribution in [3.05, 3.63) is 23.8 Å².